The standard InChI is InChI=1S/C15H13ClN2O5/c16-15(20)23-14-6-5-11(18(21)22)7-12(14)9-1-3-10(4-2-9)13(17)8-19/h1-7,13,19H,8,17H2/t13-/m1/s1. The molecule has 2 aromatic carbocycles. The van der Waals surface area contributed by atoms with Crippen molar-refractivity contribution in [2.75, 3.05) is 6.61 Å². The van der Waals surface area contributed by atoms with Crippen LogP contribution in [0.5, 0.6) is 5.75 Å². The molecule has 23 heavy (non-hydrogen) atoms. The molecule has 7 nitrogen and oxygen atoms in total. The van der Waals surface area contributed by atoms with Crippen molar-refractivity contribution in [2.24, 2.45) is 5.73 Å². The zero-order valence-corrected chi connectivity index (χ0v) is 12.6. The summed E-state index contributed by atoms with van der Waals surface area (Å²) in [6.07, 6.45) is 0. The summed E-state index contributed by atoms with van der Waals surface area (Å²) in [4.78, 5) is 21.3. The summed E-state index contributed by atoms with van der Waals surface area (Å²) < 4.78 is 4.87. The average molecular weight is 337 g/mol. The number of nitrogens with two attached hydrogens (primary N) is 1. The van der Waals surface area contributed by atoms with Gasteiger partial charge in [-0.15, -0.1) is 0 Å². The second kappa shape index (κ2) is 7.19. The van der Waals surface area contributed by atoms with Crippen molar-refractivity contribution in [3.8, 4) is 16.9 Å². The van der Waals surface area contributed by atoms with E-state index in [4.69, 9.17) is 27.2 Å². The SMILES string of the molecule is N[C@H](CO)c1ccc(-c2cc([N+](=O)[O-])ccc2OC(=O)Cl)cc1. The lowest BCUT2D eigenvalue weighted by Crippen LogP contribution is -2.14. The first-order valence-electron chi connectivity index (χ1n) is 6.55. The second-order valence-electron chi connectivity index (χ2n) is 4.69. The summed E-state index contributed by atoms with van der Waals surface area (Å²) in [5.41, 5.74) is 6.16. The van der Waals surface area contributed by atoms with Gasteiger partial charge >= 0.3 is 5.43 Å². The van der Waals surface area contributed by atoms with E-state index in [0.717, 1.165) is 0 Å². The van der Waals surface area contributed by atoms with E-state index in [1.165, 1.54) is 18.2 Å². The Labute approximate surface area is 136 Å². The van der Waals surface area contributed by atoms with E-state index >= 15 is 0 Å². The molecule has 2 rings (SSSR count). The molecule has 8 heteroatoms. The predicted octanol–water partition coefficient (Wildman–Crippen LogP) is 2.99. The minimum atomic E-state index is -1.04. The highest BCUT2D eigenvalue weighted by atomic mass is 35.5. The number of ether oxygens (including phenoxy) is 1. The minimum Gasteiger partial charge on any atom is -0.414 e. The molecule has 0 amide bonds. The van der Waals surface area contributed by atoms with Gasteiger partial charge < -0.3 is 15.6 Å². The van der Waals surface area contributed by atoms with E-state index in [1.807, 2.05) is 0 Å². The summed E-state index contributed by atoms with van der Waals surface area (Å²) >= 11 is 5.22. The van der Waals surface area contributed by atoms with Gasteiger partial charge in [-0.25, -0.2) is 4.79 Å². The van der Waals surface area contributed by atoms with Gasteiger partial charge in [0.05, 0.1) is 17.6 Å². The first kappa shape index (κ1) is 16.9. The predicted molar refractivity (Wildman–Crippen MR) is 84.4 cm³/mol. The average Bonchev–Trinajstić information content (AvgIpc) is 2.54. The number of non-ortho nitro benzene ring substituents is 1. The number of hydrogen-bond acceptors (Lipinski definition) is 6. The zero-order chi connectivity index (χ0) is 17.0. The fourth-order valence-corrected chi connectivity index (χ4v) is 2.13. The van der Waals surface area contributed by atoms with Crippen LogP contribution in [0, 0.1) is 10.1 Å². The summed E-state index contributed by atoms with van der Waals surface area (Å²) in [6.45, 7) is -0.203. The van der Waals surface area contributed by atoms with Crippen LogP contribution in [0.15, 0.2) is 42.5 Å². The van der Waals surface area contributed by atoms with Gasteiger partial charge in [0.1, 0.15) is 5.75 Å². The maximum atomic E-state index is 11.0. The minimum absolute atomic E-state index is 0.106. The van der Waals surface area contributed by atoms with Crippen LogP contribution in [0.1, 0.15) is 11.6 Å². The first-order chi connectivity index (χ1) is 10.9. The van der Waals surface area contributed by atoms with E-state index < -0.39 is 16.4 Å². The van der Waals surface area contributed by atoms with Crippen LogP contribution in [0.25, 0.3) is 11.1 Å². The third kappa shape index (κ3) is 4.04. The zero-order valence-electron chi connectivity index (χ0n) is 11.8. The van der Waals surface area contributed by atoms with Crippen molar-refractivity contribution in [3.05, 3.63) is 58.1 Å². The number of carbonyl (C=O) groups is 1. The summed E-state index contributed by atoms with van der Waals surface area (Å²) in [6, 6.07) is 9.98. The number of hydrogen-bond donors (Lipinski definition) is 2. The Morgan fingerprint density at radius 2 is 1.96 bits per heavy atom. The summed E-state index contributed by atoms with van der Waals surface area (Å²) in [5.74, 6) is 0.106. The van der Waals surface area contributed by atoms with Gasteiger partial charge in [-0.3, -0.25) is 10.1 Å². The molecule has 0 heterocycles. The number of halogens is 1. The third-order valence-corrected chi connectivity index (χ3v) is 3.29. The Bertz CT molecular complexity index is 733. The molecule has 0 saturated carbocycles. The molecular formula is C15H13ClN2O5. The molecule has 0 saturated heterocycles. The van der Waals surface area contributed by atoms with Gasteiger partial charge in [-0.2, -0.15) is 0 Å². The molecule has 120 valence electrons. The van der Waals surface area contributed by atoms with E-state index in [-0.39, 0.29) is 18.0 Å². The number of nitro groups is 1. The lowest BCUT2D eigenvalue weighted by molar-refractivity contribution is -0.384. The highest BCUT2D eigenvalue weighted by Crippen LogP contribution is 2.34. The highest BCUT2D eigenvalue weighted by Gasteiger charge is 2.15. The van der Waals surface area contributed by atoms with Crippen LogP contribution < -0.4 is 10.5 Å². The Kier molecular flexibility index (Phi) is 5.28. The molecule has 0 aliphatic rings. The number of carbonyl (C=O) groups excluding carboxylic acids is 1. The van der Waals surface area contributed by atoms with Gasteiger partial charge in [-0.1, -0.05) is 24.3 Å². The van der Waals surface area contributed by atoms with E-state index in [2.05, 4.69) is 0 Å². The van der Waals surface area contributed by atoms with E-state index in [9.17, 15) is 14.9 Å². The van der Waals surface area contributed by atoms with Crippen molar-refractivity contribution in [2.45, 2.75) is 6.04 Å². The lowest BCUT2D eigenvalue weighted by Gasteiger charge is -2.11. The number of rotatable bonds is 5. The van der Waals surface area contributed by atoms with Crippen molar-refractivity contribution in [3.63, 3.8) is 0 Å². The maximum Gasteiger partial charge on any atom is 0.409 e. The molecule has 0 unspecified atom stereocenters. The quantitative estimate of drug-likeness (QED) is 0.492. The Balaban J connectivity index is 2.48. The maximum absolute atomic E-state index is 11.0. The van der Waals surface area contributed by atoms with Crippen molar-refractivity contribution in [1.82, 2.24) is 0 Å². The molecule has 2 aromatic rings. The van der Waals surface area contributed by atoms with E-state index in [1.54, 1.807) is 24.3 Å². The second-order valence-corrected chi connectivity index (χ2v) is 5.00. The molecular weight excluding hydrogens is 324 g/mol. The van der Waals surface area contributed by atoms with Gasteiger partial charge in [0.2, 0.25) is 0 Å². The highest BCUT2D eigenvalue weighted by molar-refractivity contribution is 6.61. The van der Waals surface area contributed by atoms with Gasteiger partial charge in [0.25, 0.3) is 5.69 Å². The number of nitro benzene ring substituents is 1. The Hall–Kier alpha value is -2.48. The molecule has 0 radical (unpaired) electrons. The number of benzene rings is 2. The first-order valence-corrected chi connectivity index (χ1v) is 6.92. The van der Waals surface area contributed by atoms with Crippen LogP contribution in [0.2, 0.25) is 0 Å². The third-order valence-electron chi connectivity index (χ3n) is 3.21. The monoisotopic (exact) mass is 336 g/mol. The van der Waals surface area contributed by atoms with Crippen LogP contribution in [0.4, 0.5) is 10.5 Å². The van der Waals surface area contributed by atoms with Gasteiger partial charge in [0.15, 0.2) is 0 Å². The lowest BCUT2D eigenvalue weighted by atomic mass is 10.00. The van der Waals surface area contributed by atoms with Crippen LogP contribution in [-0.2, 0) is 0 Å². The molecule has 1 atom stereocenters. The van der Waals surface area contributed by atoms with Crippen molar-refractivity contribution in [1.29, 1.82) is 0 Å². The number of nitrogens with zero attached hydrogens (tertiary/aromatic N) is 1. The molecule has 3 N–H and O–H groups in total. The fourth-order valence-electron chi connectivity index (χ4n) is 2.05. The smallest absolute Gasteiger partial charge is 0.409 e. The largest absolute Gasteiger partial charge is 0.414 e. The topological polar surface area (TPSA) is 116 Å². The van der Waals surface area contributed by atoms with Crippen LogP contribution >= 0.6 is 11.6 Å². The fraction of sp³-hybridized carbons (Fsp3) is 0.133. The van der Waals surface area contributed by atoms with Crippen LogP contribution in [0.3, 0.4) is 0 Å². The molecule has 0 spiro atoms. The summed E-state index contributed by atoms with van der Waals surface area (Å²) in [7, 11) is 0. The van der Waals surface area contributed by atoms with Crippen molar-refractivity contribution >= 4 is 22.7 Å². The van der Waals surface area contributed by atoms with Gasteiger partial charge in [-0.05, 0) is 17.2 Å². The molecule has 0 aliphatic carbocycles. The van der Waals surface area contributed by atoms with E-state index in [0.29, 0.717) is 16.7 Å². The Morgan fingerprint density at radius 3 is 2.48 bits per heavy atom. The molecule has 0 fully saturated rings. The number of aliphatic hydroxyl groups is 1. The van der Waals surface area contributed by atoms with Crippen molar-refractivity contribution < 1.29 is 19.6 Å². The number of aliphatic hydroxyl groups excluding tert-OH is 1. The normalized spacial score (nSPS) is 11.8. The molecule has 0 aromatic heterocycles. The Morgan fingerprint density at radius 1 is 1.30 bits per heavy atom. The van der Waals surface area contributed by atoms with Crippen LogP contribution in [-0.4, -0.2) is 22.1 Å². The summed E-state index contributed by atoms with van der Waals surface area (Å²) in [5, 5.41) is 20.0. The molecule has 0 bridgehead atoms. The van der Waals surface area contributed by atoms with Gasteiger partial charge in [0, 0.05) is 29.3 Å². The molecule has 0 aliphatic heterocycles.